The van der Waals surface area contributed by atoms with Crippen LogP contribution in [0.1, 0.15) is 38.9 Å². The van der Waals surface area contributed by atoms with Gasteiger partial charge in [0.15, 0.2) is 11.6 Å². The first-order valence-corrected chi connectivity index (χ1v) is 13.6. The quantitative estimate of drug-likeness (QED) is 0.344. The van der Waals surface area contributed by atoms with E-state index in [1.54, 1.807) is 55.8 Å². The molecular weight excluding hydrogens is 514 g/mol. The Hall–Kier alpha value is -5.04. The number of amides is 1. The van der Waals surface area contributed by atoms with E-state index in [-0.39, 0.29) is 23.2 Å². The second-order valence-electron chi connectivity index (χ2n) is 10.7. The van der Waals surface area contributed by atoms with Crippen LogP contribution in [-0.2, 0) is 10.2 Å². The minimum atomic E-state index is -1.37. The van der Waals surface area contributed by atoms with Crippen LogP contribution < -0.4 is 15.0 Å². The fourth-order valence-corrected chi connectivity index (χ4v) is 6.98. The third-order valence-electron chi connectivity index (χ3n) is 8.73. The Balaban J connectivity index is 1.54. The van der Waals surface area contributed by atoms with Crippen molar-refractivity contribution in [2.75, 3.05) is 17.3 Å². The summed E-state index contributed by atoms with van der Waals surface area (Å²) in [6.07, 6.45) is 3.61. The van der Waals surface area contributed by atoms with Crippen LogP contribution in [0.3, 0.4) is 0 Å². The molecule has 1 amide bonds. The molecule has 1 fully saturated rings. The summed E-state index contributed by atoms with van der Waals surface area (Å²) in [4.78, 5) is 50.2. The lowest BCUT2D eigenvalue weighted by Crippen LogP contribution is -2.51. The number of nitrogens with zero attached hydrogens (tertiary/aromatic N) is 2. The van der Waals surface area contributed by atoms with Crippen molar-refractivity contribution in [3.05, 3.63) is 126 Å². The maximum Gasteiger partial charge on any atom is 0.238 e. The van der Waals surface area contributed by atoms with Crippen molar-refractivity contribution in [2.24, 2.45) is 5.92 Å². The fourth-order valence-electron chi connectivity index (χ4n) is 6.98. The third kappa shape index (κ3) is 3.45. The number of carbonyl (C=O) groups excluding carboxylic acids is 3. The van der Waals surface area contributed by atoms with Crippen LogP contribution in [0.25, 0.3) is 5.57 Å². The van der Waals surface area contributed by atoms with Crippen molar-refractivity contribution in [1.29, 1.82) is 0 Å². The van der Waals surface area contributed by atoms with Gasteiger partial charge in [0.05, 0.1) is 19.1 Å². The van der Waals surface area contributed by atoms with Gasteiger partial charge in [-0.15, -0.1) is 0 Å². The number of aromatic nitrogens is 1. The zero-order chi connectivity index (χ0) is 28.3. The van der Waals surface area contributed by atoms with Crippen LogP contribution in [0.15, 0.2) is 103 Å². The lowest BCUT2D eigenvalue weighted by molar-refractivity contribution is -0.121. The number of ketones is 2. The van der Waals surface area contributed by atoms with Crippen molar-refractivity contribution in [3.8, 4) is 5.75 Å². The first kappa shape index (κ1) is 25.0. The Labute approximate surface area is 237 Å². The van der Waals surface area contributed by atoms with Crippen molar-refractivity contribution < 1.29 is 19.1 Å². The van der Waals surface area contributed by atoms with Gasteiger partial charge in [-0.25, -0.2) is 0 Å². The predicted molar refractivity (Wildman–Crippen MR) is 156 cm³/mol. The molecule has 7 rings (SSSR count). The average molecular weight is 542 g/mol. The molecule has 4 heterocycles. The third-order valence-corrected chi connectivity index (χ3v) is 8.73. The number of fused-ring (bicyclic) bond motifs is 6. The van der Waals surface area contributed by atoms with E-state index in [0.717, 1.165) is 16.8 Å². The van der Waals surface area contributed by atoms with Gasteiger partial charge in [0.25, 0.3) is 0 Å². The van der Waals surface area contributed by atoms with Crippen LogP contribution in [0.5, 0.6) is 5.75 Å². The fraction of sp³-hybridized carbons (Fsp3) is 0.176. The van der Waals surface area contributed by atoms with Crippen molar-refractivity contribution in [2.45, 2.75) is 24.4 Å². The van der Waals surface area contributed by atoms with E-state index < -0.39 is 23.4 Å². The number of carbonyl (C=O) groups is 3. The Bertz CT molecular complexity index is 1750. The molecule has 0 saturated carbocycles. The van der Waals surface area contributed by atoms with E-state index in [2.05, 4.69) is 10.3 Å². The molecule has 4 aromatic rings. The van der Waals surface area contributed by atoms with Crippen molar-refractivity contribution in [1.82, 2.24) is 4.98 Å². The smallest absolute Gasteiger partial charge is 0.238 e. The van der Waals surface area contributed by atoms with Gasteiger partial charge in [-0.1, -0.05) is 48.5 Å². The van der Waals surface area contributed by atoms with Gasteiger partial charge in [0, 0.05) is 28.7 Å². The van der Waals surface area contributed by atoms with E-state index in [0.29, 0.717) is 22.6 Å². The maximum absolute atomic E-state index is 14.7. The number of hydrogen-bond donors (Lipinski definition) is 1. The molecule has 1 spiro atoms. The highest BCUT2D eigenvalue weighted by Gasteiger charge is 2.70. The van der Waals surface area contributed by atoms with Crippen molar-refractivity contribution in [3.63, 3.8) is 0 Å². The summed E-state index contributed by atoms with van der Waals surface area (Å²) in [6.45, 7) is 2.01. The van der Waals surface area contributed by atoms with E-state index in [1.807, 2.05) is 66.4 Å². The summed E-state index contributed by atoms with van der Waals surface area (Å²) in [5.41, 5.74) is 3.41. The van der Waals surface area contributed by atoms with Gasteiger partial charge in [0.2, 0.25) is 5.91 Å². The normalized spacial score (nSPS) is 23.8. The molecule has 7 nitrogen and oxygen atoms in total. The van der Waals surface area contributed by atoms with Gasteiger partial charge in [-0.2, -0.15) is 0 Å². The summed E-state index contributed by atoms with van der Waals surface area (Å²) in [6, 6.07) is 25.8. The summed E-state index contributed by atoms with van der Waals surface area (Å²) >= 11 is 0. The summed E-state index contributed by atoms with van der Waals surface area (Å²) in [5, 5.41) is 3.06. The van der Waals surface area contributed by atoms with E-state index in [4.69, 9.17) is 4.74 Å². The Kier molecular flexibility index (Phi) is 5.64. The number of rotatable bonds is 5. The molecule has 0 unspecified atom stereocenters. The first-order chi connectivity index (χ1) is 20.0. The first-order valence-electron chi connectivity index (χ1n) is 13.6. The number of Topliss-reactive ketones (excluding diaryl/α,β-unsaturated/α-hetero) is 2. The lowest BCUT2D eigenvalue weighted by atomic mass is 9.64. The van der Waals surface area contributed by atoms with Crippen molar-refractivity contribution >= 4 is 34.4 Å². The van der Waals surface area contributed by atoms with Crippen LogP contribution in [0.4, 0.5) is 11.4 Å². The van der Waals surface area contributed by atoms with E-state index >= 15 is 0 Å². The van der Waals surface area contributed by atoms with Gasteiger partial charge in [-0.3, -0.25) is 19.4 Å². The van der Waals surface area contributed by atoms with Gasteiger partial charge < -0.3 is 15.0 Å². The molecule has 3 aliphatic heterocycles. The molecule has 0 radical (unpaired) electrons. The second kappa shape index (κ2) is 9.27. The molecule has 4 atom stereocenters. The van der Waals surface area contributed by atoms with Gasteiger partial charge in [-0.05, 0) is 66.6 Å². The topological polar surface area (TPSA) is 88.6 Å². The number of hydrogen-bond acceptors (Lipinski definition) is 6. The maximum atomic E-state index is 14.7. The SMILES string of the molecule is COc1ccc(C(=O)[C@@H]2[C@@H](C(=O)c3ccccn3)[C@]3(C(=O)Nc4ccccc43)[C@H]3C=C(C)c4ccccc4N23)cc1. The summed E-state index contributed by atoms with van der Waals surface area (Å²) in [5.74, 6) is -1.33. The van der Waals surface area contributed by atoms with E-state index in [9.17, 15) is 14.4 Å². The number of pyridine rings is 1. The predicted octanol–water partition coefficient (Wildman–Crippen LogP) is 5.34. The number of ether oxygens (including phenoxy) is 1. The number of nitrogens with one attached hydrogen (secondary N) is 1. The molecule has 1 saturated heterocycles. The minimum absolute atomic E-state index is 0.218. The molecule has 202 valence electrons. The lowest BCUT2D eigenvalue weighted by Gasteiger charge is -2.39. The summed E-state index contributed by atoms with van der Waals surface area (Å²) < 4.78 is 5.32. The van der Waals surface area contributed by atoms with Gasteiger partial charge in [0.1, 0.15) is 22.9 Å². The summed E-state index contributed by atoms with van der Waals surface area (Å²) in [7, 11) is 1.57. The molecule has 7 heteroatoms. The number of benzene rings is 3. The molecule has 0 aliphatic carbocycles. The number of para-hydroxylation sites is 2. The molecule has 3 aromatic carbocycles. The largest absolute Gasteiger partial charge is 0.497 e. The second-order valence-corrected chi connectivity index (χ2v) is 10.7. The van der Waals surface area contributed by atoms with Crippen LogP contribution in [-0.4, -0.2) is 41.7 Å². The molecular formula is C34H27N3O4. The average Bonchev–Trinajstić information content (AvgIpc) is 3.49. The highest BCUT2D eigenvalue weighted by Crippen LogP contribution is 2.58. The minimum Gasteiger partial charge on any atom is -0.497 e. The van der Waals surface area contributed by atoms with Crippen LogP contribution in [0.2, 0.25) is 0 Å². The molecule has 1 aromatic heterocycles. The standard InChI is InChI=1S/C34H27N3O4/c1-20-19-28-34(24-10-4-5-11-25(24)36-33(34)40)29(32(39)26-12-7-8-18-35-26)30(37(28)27-13-6-3-9-23(20)27)31(38)21-14-16-22(41-2)17-15-21/h3-19,28-30H,1-2H3,(H,36,40)/t28-,29+,30+,34-/m1/s1. The Morgan fingerprint density at radius 1 is 0.902 bits per heavy atom. The number of anilines is 2. The molecule has 0 bridgehead atoms. The highest BCUT2D eigenvalue weighted by molar-refractivity contribution is 6.18. The van der Waals surface area contributed by atoms with Crippen LogP contribution in [0, 0.1) is 5.92 Å². The van der Waals surface area contributed by atoms with Crippen LogP contribution >= 0.6 is 0 Å². The Morgan fingerprint density at radius 2 is 1.63 bits per heavy atom. The number of methoxy groups -OCH3 is 1. The molecule has 41 heavy (non-hydrogen) atoms. The monoisotopic (exact) mass is 541 g/mol. The van der Waals surface area contributed by atoms with E-state index in [1.165, 1.54) is 0 Å². The van der Waals surface area contributed by atoms with Gasteiger partial charge >= 0.3 is 0 Å². The zero-order valence-electron chi connectivity index (χ0n) is 22.6. The Morgan fingerprint density at radius 3 is 2.39 bits per heavy atom. The zero-order valence-corrected chi connectivity index (χ0v) is 22.6. The molecule has 3 aliphatic rings. The highest BCUT2D eigenvalue weighted by atomic mass is 16.5. The molecule has 1 N–H and O–H groups in total. The number of allylic oxidation sites excluding steroid dienone is 1.